The molecule has 2 N–H and O–H groups in total. The van der Waals surface area contributed by atoms with Gasteiger partial charge in [-0.1, -0.05) is 48.0 Å². The first-order chi connectivity index (χ1) is 9.15. The number of rotatable bonds is 5. The van der Waals surface area contributed by atoms with Crippen LogP contribution in [0.3, 0.4) is 0 Å². The second kappa shape index (κ2) is 6.60. The monoisotopic (exact) mass is 274 g/mol. The summed E-state index contributed by atoms with van der Waals surface area (Å²) in [4.78, 5) is 2.29. The number of nitrogen functional groups attached to an aromatic ring is 1. The maximum Gasteiger partial charge on any atom is 0.0638 e. The Morgan fingerprint density at radius 3 is 2.47 bits per heavy atom. The van der Waals surface area contributed by atoms with Gasteiger partial charge in [-0.3, -0.25) is 0 Å². The highest BCUT2D eigenvalue weighted by molar-refractivity contribution is 6.33. The number of nitrogens with zero attached hydrogens (tertiary/aromatic N) is 1. The molecule has 0 unspecified atom stereocenters. The van der Waals surface area contributed by atoms with Crippen LogP contribution in [0.2, 0.25) is 5.02 Å². The van der Waals surface area contributed by atoms with Gasteiger partial charge in [-0.2, -0.15) is 0 Å². The number of anilines is 1. The summed E-state index contributed by atoms with van der Waals surface area (Å²) >= 11 is 6.03. The molecule has 0 saturated carbocycles. The molecule has 0 bridgehead atoms. The van der Waals surface area contributed by atoms with E-state index in [4.69, 9.17) is 17.3 Å². The first kappa shape index (κ1) is 13.9. The van der Waals surface area contributed by atoms with Gasteiger partial charge in [-0.05, 0) is 36.7 Å². The van der Waals surface area contributed by atoms with Crippen LogP contribution in [0.15, 0.2) is 48.5 Å². The zero-order valence-corrected chi connectivity index (χ0v) is 11.9. The van der Waals surface area contributed by atoms with E-state index < -0.39 is 0 Å². The fraction of sp³-hybridized carbons (Fsp3) is 0.250. The lowest BCUT2D eigenvalue weighted by Gasteiger charge is -2.17. The first-order valence-corrected chi connectivity index (χ1v) is 6.79. The van der Waals surface area contributed by atoms with E-state index >= 15 is 0 Å². The molecule has 0 aromatic heterocycles. The summed E-state index contributed by atoms with van der Waals surface area (Å²) in [5, 5.41) is 0.633. The fourth-order valence-corrected chi connectivity index (χ4v) is 2.23. The molecule has 100 valence electrons. The number of likely N-dealkylation sites (N-methyl/N-ethyl adjacent to an activating group) is 1. The van der Waals surface area contributed by atoms with Crippen LogP contribution >= 0.6 is 11.6 Å². The van der Waals surface area contributed by atoms with Crippen molar-refractivity contribution in [3.8, 4) is 0 Å². The Hall–Kier alpha value is -1.51. The Kier molecular flexibility index (Phi) is 4.83. The van der Waals surface area contributed by atoms with Crippen LogP contribution in [-0.2, 0) is 13.0 Å². The van der Waals surface area contributed by atoms with Crippen LogP contribution in [0.4, 0.5) is 5.69 Å². The smallest absolute Gasteiger partial charge is 0.0638 e. The van der Waals surface area contributed by atoms with Crippen molar-refractivity contribution < 1.29 is 0 Å². The molecule has 19 heavy (non-hydrogen) atoms. The second-order valence-corrected chi connectivity index (χ2v) is 5.24. The quantitative estimate of drug-likeness (QED) is 0.844. The summed E-state index contributed by atoms with van der Waals surface area (Å²) in [5.74, 6) is 0. The van der Waals surface area contributed by atoms with Crippen LogP contribution in [0.25, 0.3) is 0 Å². The van der Waals surface area contributed by atoms with E-state index in [0.29, 0.717) is 10.7 Å². The van der Waals surface area contributed by atoms with E-state index in [1.54, 1.807) is 0 Å². The van der Waals surface area contributed by atoms with Crippen LogP contribution < -0.4 is 5.73 Å². The molecule has 3 heteroatoms. The van der Waals surface area contributed by atoms with Crippen molar-refractivity contribution in [2.75, 3.05) is 19.3 Å². The third-order valence-electron chi connectivity index (χ3n) is 3.14. The topological polar surface area (TPSA) is 29.3 Å². The highest BCUT2D eigenvalue weighted by Gasteiger charge is 2.03. The van der Waals surface area contributed by atoms with Gasteiger partial charge < -0.3 is 10.6 Å². The van der Waals surface area contributed by atoms with E-state index in [9.17, 15) is 0 Å². The van der Waals surface area contributed by atoms with Gasteiger partial charge in [0.05, 0.1) is 10.7 Å². The molecule has 0 aliphatic rings. The molecule has 0 saturated heterocycles. The van der Waals surface area contributed by atoms with Gasteiger partial charge in [-0.25, -0.2) is 0 Å². The molecule has 0 atom stereocenters. The number of hydrogen-bond acceptors (Lipinski definition) is 2. The van der Waals surface area contributed by atoms with Gasteiger partial charge in [0.15, 0.2) is 0 Å². The van der Waals surface area contributed by atoms with Gasteiger partial charge in [0.2, 0.25) is 0 Å². The molecule has 0 radical (unpaired) electrons. The zero-order valence-electron chi connectivity index (χ0n) is 11.1. The number of hydrogen-bond donors (Lipinski definition) is 1. The van der Waals surface area contributed by atoms with Crippen LogP contribution in [0, 0.1) is 0 Å². The summed E-state index contributed by atoms with van der Waals surface area (Å²) in [6.07, 6.45) is 1.06. The normalized spacial score (nSPS) is 10.9. The maximum atomic E-state index is 6.03. The summed E-state index contributed by atoms with van der Waals surface area (Å²) in [7, 11) is 2.12. The molecule has 0 heterocycles. The third kappa shape index (κ3) is 4.27. The van der Waals surface area contributed by atoms with Crippen LogP contribution in [-0.4, -0.2) is 18.5 Å². The Morgan fingerprint density at radius 1 is 1.05 bits per heavy atom. The fourth-order valence-electron chi connectivity index (χ4n) is 2.02. The van der Waals surface area contributed by atoms with Gasteiger partial charge in [0.25, 0.3) is 0 Å². The molecule has 0 aliphatic heterocycles. The molecule has 2 rings (SSSR count). The number of benzene rings is 2. The molecule has 2 aromatic carbocycles. The average molecular weight is 275 g/mol. The zero-order chi connectivity index (χ0) is 13.7. The third-order valence-corrected chi connectivity index (χ3v) is 3.47. The Bertz CT molecular complexity index is 526. The molecule has 0 aliphatic carbocycles. The van der Waals surface area contributed by atoms with Gasteiger partial charge >= 0.3 is 0 Å². The van der Waals surface area contributed by atoms with Crippen molar-refractivity contribution in [1.82, 2.24) is 4.90 Å². The Balaban J connectivity index is 1.87. The lowest BCUT2D eigenvalue weighted by molar-refractivity contribution is 0.331. The maximum absolute atomic E-state index is 6.03. The van der Waals surface area contributed by atoms with E-state index in [1.807, 2.05) is 24.3 Å². The lowest BCUT2D eigenvalue weighted by atomic mass is 10.1. The highest BCUT2D eigenvalue weighted by atomic mass is 35.5. The molecule has 0 spiro atoms. The Labute approximate surface area is 119 Å². The lowest BCUT2D eigenvalue weighted by Crippen LogP contribution is -2.20. The molecule has 2 aromatic rings. The van der Waals surface area contributed by atoms with E-state index in [-0.39, 0.29) is 0 Å². The number of nitrogens with two attached hydrogens (primary N) is 1. The predicted octanol–water partition coefficient (Wildman–Crippen LogP) is 3.60. The largest absolute Gasteiger partial charge is 0.398 e. The first-order valence-electron chi connectivity index (χ1n) is 6.41. The second-order valence-electron chi connectivity index (χ2n) is 4.83. The average Bonchev–Trinajstić information content (AvgIpc) is 2.42. The highest BCUT2D eigenvalue weighted by Crippen LogP contribution is 2.20. The van der Waals surface area contributed by atoms with E-state index in [2.05, 4.69) is 36.2 Å². The Morgan fingerprint density at radius 2 is 1.79 bits per heavy atom. The minimum absolute atomic E-state index is 0.633. The molecule has 0 amide bonds. The predicted molar refractivity (Wildman–Crippen MR) is 82.3 cm³/mol. The molecule has 2 nitrogen and oxygen atoms in total. The minimum atomic E-state index is 0.633. The van der Waals surface area contributed by atoms with Gasteiger partial charge in [0.1, 0.15) is 0 Å². The van der Waals surface area contributed by atoms with Crippen molar-refractivity contribution in [2.24, 2.45) is 0 Å². The van der Waals surface area contributed by atoms with E-state index in [1.165, 1.54) is 11.1 Å². The van der Waals surface area contributed by atoms with Crippen molar-refractivity contribution in [2.45, 2.75) is 13.0 Å². The van der Waals surface area contributed by atoms with Gasteiger partial charge in [-0.15, -0.1) is 0 Å². The standard InChI is InChI=1S/C16H19ClN2/c1-19(10-9-13-5-3-2-4-6-13)12-14-7-8-16(18)15(17)11-14/h2-8,11H,9-10,12,18H2,1H3. The summed E-state index contributed by atoms with van der Waals surface area (Å²) in [6.45, 7) is 1.90. The number of halogens is 1. The summed E-state index contributed by atoms with van der Waals surface area (Å²) in [6, 6.07) is 16.4. The SMILES string of the molecule is CN(CCc1ccccc1)Cc1ccc(N)c(Cl)c1. The molecule has 0 fully saturated rings. The molecular weight excluding hydrogens is 256 g/mol. The van der Waals surface area contributed by atoms with Crippen LogP contribution in [0.5, 0.6) is 0 Å². The van der Waals surface area contributed by atoms with Crippen molar-refractivity contribution >= 4 is 17.3 Å². The van der Waals surface area contributed by atoms with Crippen LogP contribution in [0.1, 0.15) is 11.1 Å². The van der Waals surface area contributed by atoms with Crippen molar-refractivity contribution in [3.63, 3.8) is 0 Å². The minimum Gasteiger partial charge on any atom is -0.398 e. The van der Waals surface area contributed by atoms with Gasteiger partial charge in [0, 0.05) is 13.1 Å². The van der Waals surface area contributed by atoms with Crippen molar-refractivity contribution in [1.29, 1.82) is 0 Å². The van der Waals surface area contributed by atoms with E-state index in [0.717, 1.165) is 19.5 Å². The molecular formula is C16H19ClN2. The van der Waals surface area contributed by atoms with Crippen molar-refractivity contribution in [3.05, 3.63) is 64.7 Å². The summed E-state index contributed by atoms with van der Waals surface area (Å²) < 4.78 is 0. The summed E-state index contributed by atoms with van der Waals surface area (Å²) in [5.41, 5.74) is 8.90.